The standard InChI is InChI=1S/C32H64N2/c1-5-7-9-11-12-13-14-15-16-17-18-19-20-21-22-24-26-28-34-30-29-33(32(34)31(3)4)27-25-23-10-8-6-2/h29-32H,5-28H2,1-4H3. The van der Waals surface area contributed by atoms with E-state index in [-0.39, 0.29) is 0 Å². The van der Waals surface area contributed by atoms with Crippen LogP contribution in [0, 0.1) is 5.92 Å². The maximum absolute atomic E-state index is 2.63. The van der Waals surface area contributed by atoms with Gasteiger partial charge in [-0.25, -0.2) is 0 Å². The van der Waals surface area contributed by atoms with Crippen LogP contribution in [0.3, 0.4) is 0 Å². The lowest BCUT2D eigenvalue weighted by Crippen LogP contribution is -2.43. The molecule has 0 N–H and O–H groups in total. The van der Waals surface area contributed by atoms with Gasteiger partial charge in [-0.05, 0) is 18.8 Å². The van der Waals surface area contributed by atoms with Gasteiger partial charge >= 0.3 is 0 Å². The van der Waals surface area contributed by atoms with Gasteiger partial charge in [0.1, 0.15) is 6.17 Å². The zero-order valence-electron chi connectivity index (χ0n) is 24.2. The molecule has 0 radical (unpaired) electrons. The predicted molar refractivity (Wildman–Crippen MR) is 154 cm³/mol. The van der Waals surface area contributed by atoms with E-state index in [0.717, 1.165) is 0 Å². The van der Waals surface area contributed by atoms with Gasteiger partial charge in [-0.1, -0.05) is 156 Å². The summed E-state index contributed by atoms with van der Waals surface area (Å²) in [6.07, 6.45) is 36.9. The van der Waals surface area contributed by atoms with Crippen LogP contribution in [0.25, 0.3) is 0 Å². The molecule has 1 rings (SSSR count). The highest BCUT2D eigenvalue weighted by Gasteiger charge is 2.28. The molecule has 1 unspecified atom stereocenters. The third kappa shape index (κ3) is 16.1. The van der Waals surface area contributed by atoms with Crippen LogP contribution in [0.1, 0.15) is 169 Å². The molecule has 1 aliphatic rings. The molecule has 0 aliphatic carbocycles. The summed E-state index contributed by atoms with van der Waals surface area (Å²) in [5.41, 5.74) is 0. The Morgan fingerprint density at radius 3 is 0.971 bits per heavy atom. The quantitative estimate of drug-likeness (QED) is 0.121. The second-order valence-corrected chi connectivity index (χ2v) is 11.5. The topological polar surface area (TPSA) is 6.48 Å². The summed E-state index contributed by atoms with van der Waals surface area (Å²) in [7, 11) is 0. The van der Waals surface area contributed by atoms with E-state index in [9.17, 15) is 0 Å². The Labute approximate surface area is 216 Å². The van der Waals surface area contributed by atoms with E-state index in [1.165, 1.54) is 154 Å². The summed E-state index contributed by atoms with van der Waals surface area (Å²) >= 11 is 0. The van der Waals surface area contributed by atoms with Crippen LogP contribution in [-0.2, 0) is 0 Å². The van der Waals surface area contributed by atoms with E-state index < -0.39 is 0 Å². The molecule has 1 atom stereocenters. The summed E-state index contributed by atoms with van der Waals surface area (Å²) in [5, 5.41) is 0. The second-order valence-electron chi connectivity index (χ2n) is 11.5. The Morgan fingerprint density at radius 2 is 0.706 bits per heavy atom. The zero-order valence-corrected chi connectivity index (χ0v) is 24.2. The molecule has 0 aromatic rings. The molecule has 1 aliphatic heterocycles. The fourth-order valence-corrected chi connectivity index (χ4v) is 5.63. The number of hydrogen-bond acceptors (Lipinski definition) is 2. The maximum Gasteiger partial charge on any atom is 0.103 e. The van der Waals surface area contributed by atoms with Gasteiger partial charge in [0.05, 0.1) is 0 Å². The molecule has 2 heteroatoms. The highest BCUT2D eigenvalue weighted by atomic mass is 15.4. The second kappa shape index (κ2) is 22.8. The molecule has 202 valence electrons. The fourth-order valence-electron chi connectivity index (χ4n) is 5.63. The lowest BCUT2D eigenvalue weighted by molar-refractivity contribution is 0.104. The van der Waals surface area contributed by atoms with Gasteiger partial charge in [-0.15, -0.1) is 0 Å². The van der Waals surface area contributed by atoms with Crippen LogP contribution in [0.4, 0.5) is 0 Å². The molecule has 0 aromatic carbocycles. The van der Waals surface area contributed by atoms with Crippen molar-refractivity contribution in [3.8, 4) is 0 Å². The highest BCUT2D eigenvalue weighted by molar-refractivity contribution is 4.98. The normalized spacial score (nSPS) is 15.9. The lowest BCUT2D eigenvalue weighted by atomic mass is 10.0. The summed E-state index contributed by atoms with van der Waals surface area (Å²) < 4.78 is 0. The Balaban J connectivity index is 1.92. The van der Waals surface area contributed by atoms with Crippen molar-refractivity contribution >= 4 is 0 Å². The SMILES string of the molecule is CCCCCCCCCCCCCCCCCCCN1C=CN(CCCCCCC)C1C(C)C. The van der Waals surface area contributed by atoms with Crippen molar-refractivity contribution in [3.63, 3.8) is 0 Å². The molecule has 34 heavy (non-hydrogen) atoms. The minimum Gasteiger partial charge on any atom is -0.356 e. The summed E-state index contributed by atoms with van der Waals surface area (Å²) in [6, 6.07) is 0. The van der Waals surface area contributed by atoms with Gasteiger partial charge in [0.25, 0.3) is 0 Å². The van der Waals surface area contributed by atoms with Gasteiger partial charge in [0.15, 0.2) is 0 Å². The number of rotatable bonds is 25. The minimum atomic E-state index is 0.590. The molecular weight excluding hydrogens is 412 g/mol. The molecule has 0 fully saturated rings. The molecule has 1 heterocycles. The number of nitrogens with zero attached hydrogens (tertiary/aromatic N) is 2. The largest absolute Gasteiger partial charge is 0.356 e. The van der Waals surface area contributed by atoms with Crippen LogP contribution in [0.2, 0.25) is 0 Å². The Bertz CT molecular complexity index is 444. The third-order valence-electron chi connectivity index (χ3n) is 7.77. The van der Waals surface area contributed by atoms with Crippen molar-refractivity contribution in [2.45, 2.75) is 175 Å². The Morgan fingerprint density at radius 1 is 0.441 bits per heavy atom. The first kappa shape index (κ1) is 31.4. The first-order valence-corrected chi connectivity index (χ1v) is 15.9. The number of hydrogen-bond donors (Lipinski definition) is 0. The average Bonchev–Trinajstić information content (AvgIpc) is 3.24. The van der Waals surface area contributed by atoms with Crippen LogP contribution in [0.5, 0.6) is 0 Å². The lowest BCUT2D eigenvalue weighted by Gasteiger charge is -2.36. The first-order valence-electron chi connectivity index (χ1n) is 15.9. The van der Waals surface area contributed by atoms with Gasteiger partial charge in [-0.2, -0.15) is 0 Å². The highest BCUT2D eigenvalue weighted by Crippen LogP contribution is 2.24. The van der Waals surface area contributed by atoms with E-state index in [2.05, 4.69) is 49.9 Å². The summed E-state index contributed by atoms with van der Waals surface area (Å²) in [6.45, 7) is 11.9. The van der Waals surface area contributed by atoms with Crippen molar-refractivity contribution in [2.75, 3.05) is 13.1 Å². The van der Waals surface area contributed by atoms with E-state index in [0.29, 0.717) is 12.1 Å². The van der Waals surface area contributed by atoms with Crippen molar-refractivity contribution in [3.05, 3.63) is 12.4 Å². The summed E-state index contributed by atoms with van der Waals surface area (Å²) in [5.74, 6) is 0.691. The van der Waals surface area contributed by atoms with Crippen molar-refractivity contribution in [1.82, 2.24) is 9.80 Å². The van der Waals surface area contributed by atoms with Gasteiger partial charge in [0.2, 0.25) is 0 Å². The zero-order chi connectivity index (χ0) is 24.7. The van der Waals surface area contributed by atoms with Crippen LogP contribution in [0.15, 0.2) is 12.4 Å². The molecule has 0 spiro atoms. The van der Waals surface area contributed by atoms with Crippen LogP contribution in [-0.4, -0.2) is 29.1 Å². The van der Waals surface area contributed by atoms with E-state index >= 15 is 0 Å². The maximum atomic E-state index is 2.63. The van der Waals surface area contributed by atoms with Gasteiger partial charge < -0.3 is 9.80 Å². The third-order valence-corrected chi connectivity index (χ3v) is 7.77. The van der Waals surface area contributed by atoms with E-state index in [1.54, 1.807) is 0 Å². The molecule has 0 saturated carbocycles. The van der Waals surface area contributed by atoms with Crippen molar-refractivity contribution < 1.29 is 0 Å². The minimum absolute atomic E-state index is 0.590. The monoisotopic (exact) mass is 477 g/mol. The molecule has 0 bridgehead atoms. The molecule has 2 nitrogen and oxygen atoms in total. The predicted octanol–water partition coefficient (Wildman–Crippen LogP) is 10.7. The van der Waals surface area contributed by atoms with Crippen LogP contribution < -0.4 is 0 Å². The van der Waals surface area contributed by atoms with Gasteiger partial charge in [-0.3, -0.25) is 0 Å². The van der Waals surface area contributed by atoms with Gasteiger partial charge in [0, 0.05) is 25.5 Å². The average molecular weight is 477 g/mol. The number of unbranched alkanes of at least 4 members (excludes halogenated alkanes) is 20. The first-order chi connectivity index (χ1) is 16.7. The van der Waals surface area contributed by atoms with Crippen molar-refractivity contribution in [1.29, 1.82) is 0 Å². The van der Waals surface area contributed by atoms with E-state index in [4.69, 9.17) is 0 Å². The molecule has 0 aromatic heterocycles. The smallest absolute Gasteiger partial charge is 0.103 e. The van der Waals surface area contributed by atoms with E-state index in [1.807, 2.05) is 0 Å². The molecular formula is C32H64N2. The Kier molecular flexibility index (Phi) is 21.0. The Hall–Kier alpha value is -0.660. The molecule has 0 amide bonds. The fraction of sp³-hybridized carbons (Fsp3) is 0.938. The molecule has 0 saturated heterocycles. The van der Waals surface area contributed by atoms with Crippen molar-refractivity contribution in [2.24, 2.45) is 5.92 Å². The summed E-state index contributed by atoms with van der Waals surface area (Å²) in [4.78, 5) is 5.24. The van der Waals surface area contributed by atoms with Crippen LogP contribution >= 0.6 is 0 Å².